The van der Waals surface area contributed by atoms with Crippen molar-refractivity contribution in [3.8, 4) is 11.5 Å². The van der Waals surface area contributed by atoms with Gasteiger partial charge in [-0.15, -0.1) is 0 Å². The maximum absolute atomic E-state index is 12.7. The quantitative estimate of drug-likeness (QED) is 0.592. The molecule has 2 aromatic carbocycles. The Morgan fingerprint density at radius 2 is 1.80 bits per heavy atom. The first kappa shape index (κ1) is 18.3. The normalized spacial score (nSPS) is 11.5. The fourth-order valence-electron chi connectivity index (χ4n) is 2.47. The number of hydrogen-bond donors (Lipinski definition) is 0. The number of benzene rings is 2. The van der Waals surface area contributed by atoms with E-state index < -0.39 is 4.92 Å². The van der Waals surface area contributed by atoms with Gasteiger partial charge in [-0.1, -0.05) is 12.1 Å². The molecule has 132 valence electrons. The third kappa shape index (κ3) is 3.88. The molecule has 7 heteroatoms. The van der Waals surface area contributed by atoms with E-state index in [4.69, 9.17) is 9.47 Å². The molecule has 25 heavy (non-hydrogen) atoms. The van der Waals surface area contributed by atoms with E-state index in [-0.39, 0.29) is 17.6 Å². The van der Waals surface area contributed by atoms with Gasteiger partial charge in [0, 0.05) is 24.7 Å². The number of amides is 1. The van der Waals surface area contributed by atoms with E-state index in [9.17, 15) is 14.9 Å². The van der Waals surface area contributed by atoms with Crippen LogP contribution in [0.4, 0.5) is 5.69 Å². The van der Waals surface area contributed by atoms with Gasteiger partial charge in [0.05, 0.1) is 25.2 Å². The molecule has 0 fully saturated rings. The zero-order valence-electron chi connectivity index (χ0n) is 14.6. The molecule has 0 aliphatic rings. The topological polar surface area (TPSA) is 81.9 Å². The van der Waals surface area contributed by atoms with Crippen LogP contribution in [0.25, 0.3) is 0 Å². The molecule has 0 bridgehead atoms. The van der Waals surface area contributed by atoms with Crippen molar-refractivity contribution in [2.45, 2.75) is 13.0 Å². The molecule has 0 radical (unpaired) electrons. The second kappa shape index (κ2) is 7.65. The molecule has 0 saturated heterocycles. The number of rotatable bonds is 6. The Kier molecular flexibility index (Phi) is 5.59. The van der Waals surface area contributed by atoms with Crippen molar-refractivity contribution in [2.75, 3.05) is 21.3 Å². The summed E-state index contributed by atoms with van der Waals surface area (Å²) in [5, 5.41) is 10.9. The van der Waals surface area contributed by atoms with E-state index in [2.05, 4.69) is 0 Å². The van der Waals surface area contributed by atoms with Gasteiger partial charge in [-0.2, -0.15) is 0 Å². The standard InChI is InChI=1S/C18H20N2O5/c1-12(13-6-5-7-15(10-13)20(22)23)19(2)18(21)14-8-9-16(24-3)17(11-14)25-4/h5-12H,1-4H3/t12-/m1/s1. The summed E-state index contributed by atoms with van der Waals surface area (Å²) in [6.45, 7) is 1.82. The summed E-state index contributed by atoms with van der Waals surface area (Å²) in [7, 11) is 4.68. The first-order chi connectivity index (χ1) is 11.9. The summed E-state index contributed by atoms with van der Waals surface area (Å²) in [4.78, 5) is 24.7. The molecule has 1 atom stereocenters. The lowest BCUT2D eigenvalue weighted by Gasteiger charge is -2.25. The monoisotopic (exact) mass is 344 g/mol. The predicted octanol–water partition coefficient (Wildman–Crippen LogP) is 3.45. The van der Waals surface area contributed by atoms with Gasteiger partial charge in [0.15, 0.2) is 11.5 Å². The van der Waals surface area contributed by atoms with E-state index in [1.165, 1.54) is 31.3 Å². The van der Waals surface area contributed by atoms with Gasteiger partial charge in [-0.3, -0.25) is 14.9 Å². The Hall–Kier alpha value is -3.09. The highest BCUT2D eigenvalue weighted by Crippen LogP contribution is 2.29. The van der Waals surface area contributed by atoms with Crippen LogP contribution in [0.2, 0.25) is 0 Å². The average molecular weight is 344 g/mol. The number of ether oxygens (including phenoxy) is 2. The predicted molar refractivity (Wildman–Crippen MR) is 93.2 cm³/mol. The van der Waals surface area contributed by atoms with Crippen molar-refractivity contribution >= 4 is 11.6 Å². The summed E-state index contributed by atoms with van der Waals surface area (Å²) in [6, 6.07) is 10.9. The van der Waals surface area contributed by atoms with Crippen molar-refractivity contribution in [2.24, 2.45) is 0 Å². The van der Waals surface area contributed by atoms with Gasteiger partial charge in [0.2, 0.25) is 0 Å². The van der Waals surface area contributed by atoms with Gasteiger partial charge in [0.25, 0.3) is 11.6 Å². The minimum atomic E-state index is -0.452. The summed E-state index contributed by atoms with van der Waals surface area (Å²) in [5.41, 5.74) is 1.12. The Labute approximate surface area is 145 Å². The molecule has 1 amide bonds. The number of carbonyl (C=O) groups is 1. The van der Waals surface area contributed by atoms with Crippen LogP contribution >= 0.6 is 0 Å². The molecule has 0 heterocycles. The average Bonchev–Trinajstić information content (AvgIpc) is 2.65. The summed E-state index contributed by atoms with van der Waals surface area (Å²) in [5.74, 6) is 0.776. The van der Waals surface area contributed by atoms with Gasteiger partial charge in [-0.25, -0.2) is 0 Å². The van der Waals surface area contributed by atoms with Crippen LogP contribution in [0.3, 0.4) is 0 Å². The molecule has 0 aromatic heterocycles. The van der Waals surface area contributed by atoms with E-state index in [0.717, 1.165) is 0 Å². The molecule has 0 unspecified atom stereocenters. The molecule has 0 N–H and O–H groups in total. The SMILES string of the molecule is COc1ccc(C(=O)N(C)[C@H](C)c2cccc([N+](=O)[O-])c2)cc1OC. The Bertz CT molecular complexity index is 791. The lowest BCUT2D eigenvalue weighted by atomic mass is 10.1. The molecular formula is C18H20N2O5. The fourth-order valence-corrected chi connectivity index (χ4v) is 2.47. The number of nitro groups is 1. The molecule has 2 aromatic rings. The van der Waals surface area contributed by atoms with E-state index >= 15 is 0 Å². The maximum atomic E-state index is 12.7. The molecule has 0 aliphatic heterocycles. The van der Waals surface area contributed by atoms with Crippen molar-refractivity contribution in [3.05, 3.63) is 63.7 Å². The van der Waals surface area contributed by atoms with E-state index in [1.807, 2.05) is 6.92 Å². The van der Waals surface area contributed by atoms with Crippen LogP contribution in [0.5, 0.6) is 11.5 Å². The van der Waals surface area contributed by atoms with Gasteiger partial charge in [0.1, 0.15) is 0 Å². The van der Waals surface area contributed by atoms with Crippen LogP contribution in [-0.2, 0) is 0 Å². The molecule has 7 nitrogen and oxygen atoms in total. The summed E-state index contributed by atoms with van der Waals surface area (Å²) in [6.07, 6.45) is 0. The molecule has 0 saturated carbocycles. The zero-order valence-corrected chi connectivity index (χ0v) is 14.6. The highest BCUT2D eigenvalue weighted by molar-refractivity contribution is 5.95. The first-order valence-electron chi connectivity index (χ1n) is 7.62. The Morgan fingerprint density at radius 1 is 1.12 bits per heavy atom. The molecular weight excluding hydrogens is 324 g/mol. The Balaban J connectivity index is 2.27. The number of nitrogens with zero attached hydrogens (tertiary/aromatic N) is 2. The van der Waals surface area contributed by atoms with Crippen LogP contribution in [0.15, 0.2) is 42.5 Å². The van der Waals surface area contributed by atoms with Crippen LogP contribution in [-0.4, -0.2) is 37.0 Å². The van der Waals surface area contributed by atoms with Crippen LogP contribution in [0, 0.1) is 10.1 Å². The van der Waals surface area contributed by atoms with Gasteiger partial charge < -0.3 is 14.4 Å². The third-order valence-corrected chi connectivity index (χ3v) is 4.10. The minimum Gasteiger partial charge on any atom is -0.493 e. The second-order valence-electron chi connectivity index (χ2n) is 5.51. The van der Waals surface area contributed by atoms with E-state index in [1.54, 1.807) is 37.4 Å². The van der Waals surface area contributed by atoms with E-state index in [0.29, 0.717) is 22.6 Å². The zero-order chi connectivity index (χ0) is 18.6. The lowest BCUT2D eigenvalue weighted by molar-refractivity contribution is -0.384. The van der Waals surface area contributed by atoms with Crippen LogP contribution < -0.4 is 9.47 Å². The van der Waals surface area contributed by atoms with Gasteiger partial charge >= 0.3 is 0 Å². The van der Waals surface area contributed by atoms with Crippen molar-refractivity contribution < 1.29 is 19.2 Å². The maximum Gasteiger partial charge on any atom is 0.269 e. The highest BCUT2D eigenvalue weighted by atomic mass is 16.6. The number of nitro benzene ring substituents is 1. The van der Waals surface area contributed by atoms with Crippen molar-refractivity contribution in [1.29, 1.82) is 0 Å². The van der Waals surface area contributed by atoms with Gasteiger partial charge in [-0.05, 0) is 30.7 Å². The molecule has 2 rings (SSSR count). The minimum absolute atomic E-state index is 0.00341. The highest BCUT2D eigenvalue weighted by Gasteiger charge is 2.21. The number of carbonyl (C=O) groups excluding carboxylic acids is 1. The Morgan fingerprint density at radius 3 is 2.40 bits per heavy atom. The molecule has 0 spiro atoms. The molecule has 0 aliphatic carbocycles. The van der Waals surface area contributed by atoms with Crippen molar-refractivity contribution in [1.82, 2.24) is 4.90 Å². The smallest absolute Gasteiger partial charge is 0.269 e. The number of non-ortho nitro benzene ring substituents is 1. The third-order valence-electron chi connectivity index (χ3n) is 4.10. The summed E-state index contributed by atoms with van der Waals surface area (Å²) >= 11 is 0. The number of hydrogen-bond acceptors (Lipinski definition) is 5. The van der Waals surface area contributed by atoms with Crippen LogP contribution in [0.1, 0.15) is 28.9 Å². The van der Waals surface area contributed by atoms with Crippen molar-refractivity contribution in [3.63, 3.8) is 0 Å². The lowest BCUT2D eigenvalue weighted by Crippen LogP contribution is -2.29. The first-order valence-corrected chi connectivity index (χ1v) is 7.62. The fraction of sp³-hybridized carbons (Fsp3) is 0.278. The number of methoxy groups -OCH3 is 2. The second-order valence-corrected chi connectivity index (χ2v) is 5.51. The summed E-state index contributed by atoms with van der Waals surface area (Å²) < 4.78 is 10.4. The largest absolute Gasteiger partial charge is 0.493 e.